The van der Waals surface area contributed by atoms with Gasteiger partial charge in [0, 0.05) is 23.9 Å². The molecule has 1 heterocycles. The van der Waals surface area contributed by atoms with Crippen LogP contribution in [-0.2, 0) is 11.0 Å². The Balaban J connectivity index is 1.90. The number of rotatable bonds is 6. The molecule has 32 heavy (non-hydrogen) atoms. The number of carbonyl (C=O) groups is 1. The summed E-state index contributed by atoms with van der Waals surface area (Å²) in [6, 6.07) is 20.0. The Kier molecular flexibility index (Phi) is 6.77. The van der Waals surface area contributed by atoms with Gasteiger partial charge in [-0.15, -0.1) is 0 Å². The molecule has 0 N–H and O–H groups in total. The van der Waals surface area contributed by atoms with E-state index in [0.29, 0.717) is 5.69 Å². The zero-order valence-electron chi connectivity index (χ0n) is 16.6. The summed E-state index contributed by atoms with van der Waals surface area (Å²) in [5, 5.41) is 18.4. The minimum Gasteiger partial charge on any atom is -0.457 e. The van der Waals surface area contributed by atoms with Crippen LogP contribution in [0.25, 0.3) is 17.4 Å². The maximum atomic E-state index is 13.0. The number of anilines is 1. The van der Waals surface area contributed by atoms with E-state index in [1.807, 2.05) is 12.1 Å². The van der Waals surface area contributed by atoms with Crippen LogP contribution in [0.2, 0.25) is 0 Å². The third-order valence-electron chi connectivity index (χ3n) is 4.50. The number of hydrogen-bond donors (Lipinski definition) is 0. The second-order valence-electron chi connectivity index (χ2n) is 6.65. The highest BCUT2D eigenvalue weighted by Crippen LogP contribution is 2.33. The van der Waals surface area contributed by atoms with Crippen molar-refractivity contribution in [2.75, 3.05) is 11.4 Å². The van der Waals surface area contributed by atoms with Gasteiger partial charge in [0.15, 0.2) is 0 Å². The molecule has 0 fully saturated rings. The van der Waals surface area contributed by atoms with Crippen LogP contribution in [0.4, 0.5) is 18.9 Å². The van der Waals surface area contributed by atoms with E-state index in [4.69, 9.17) is 9.68 Å². The van der Waals surface area contributed by atoms with Gasteiger partial charge in [0.1, 0.15) is 23.2 Å². The van der Waals surface area contributed by atoms with Gasteiger partial charge in [-0.05, 0) is 36.4 Å². The topological polar surface area (TPSA) is 81.0 Å². The van der Waals surface area contributed by atoms with Crippen LogP contribution >= 0.6 is 0 Å². The SMILES string of the molecule is N#CCCN(C(=O)/C(C#N)=C\c1ccc(-c2cccc(C(F)(F)F)c2)o1)c1ccccc1. The van der Waals surface area contributed by atoms with Gasteiger partial charge in [-0.2, -0.15) is 23.7 Å². The lowest BCUT2D eigenvalue weighted by molar-refractivity contribution is -0.137. The highest BCUT2D eigenvalue weighted by Gasteiger charge is 2.30. The van der Waals surface area contributed by atoms with E-state index in [0.717, 1.165) is 12.1 Å². The van der Waals surface area contributed by atoms with E-state index in [1.54, 1.807) is 30.3 Å². The lowest BCUT2D eigenvalue weighted by atomic mass is 10.1. The molecule has 2 aromatic carbocycles. The number of nitrogens with zero attached hydrogens (tertiary/aromatic N) is 3. The van der Waals surface area contributed by atoms with Crippen LogP contribution in [0.3, 0.4) is 0 Å². The largest absolute Gasteiger partial charge is 0.457 e. The maximum Gasteiger partial charge on any atom is 0.416 e. The molecule has 0 bridgehead atoms. The number of alkyl halides is 3. The average Bonchev–Trinajstić information content (AvgIpc) is 3.26. The number of hydrogen-bond acceptors (Lipinski definition) is 4. The Morgan fingerprint density at radius 2 is 1.78 bits per heavy atom. The Bertz CT molecular complexity index is 1220. The molecular weight excluding hydrogens is 419 g/mol. The summed E-state index contributed by atoms with van der Waals surface area (Å²) in [7, 11) is 0. The van der Waals surface area contributed by atoms with Crippen LogP contribution in [0, 0.1) is 22.7 Å². The monoisotopic (exact) mass is 435 g/mol. The van der Waals surface area contributed by atoms with Crippen LogP contribution < -0.4 is 4.90 Å². The highest BCUT2D eigenvalue weighted by molar-refractivity contribution is 6.11. The molecule has 0 aliphatic carbocycles. The first kappa shape index (κ1) is 22.4. The number of benzene rings is 2. The number of para-hydroxylation sites is 1. The predicted octanol–water partition coefficient (Wildman–Crippen LogP) is 5.82. The fourth-order valence-electron chi connectivity index (χ4n) is 2.98. The molecule has 5 nitrogen and oxygen atoms in total. The first-order chi connectivity index (χ1) is 15.3. The first-order valence-corrected chi connectivity index (χ1v) is 9.46. The summed E-state index contributed by atoms with van der Waals surface area (Å²) in [4.78, 5) is 14.3. The summed E-state index contributed by atoms with van der Waals surface area (Å²) in [5.41, 5.74) is -0.314. The van der Waals surface area contributed by atoms with Crippen molar-refractivity contribution in [3.05, 3.63) is 83.6 Å². The first-order valence-electron chi connectivity index (χ1n) is 9.46. The van der Waals surface area contributed by atoms with Gasteiger partial charge in [-0.3, -0.25) is 4.79 Å². The zero-order chi connectivity index (χ0) is 23.1. The second kappa shape index (κ2) is 9.67. The molecule has 0 spiro atoms. The maximum absolute atomic E-state index is 13.0. The molecule has 0 aliphatic rings. The van der Waals surface area contributed by atoms with E-state index in [9.17, 15) is 23.2 Å². The Morgan fingerprint density at radius 1 is 1.03 bits per heavy atom. The van der Waals surface area contributed by atoms with E-state index in [1.165, 1.54) is 35.2 Å². The van der Waals surface area contributed by atoms with Gasteiger partial charge in [0.25, 0.3) is 5.91 Å². The van der Waals surface area contributed by atoms with Gasteiger partial charge in [-0.1, -0.05) is 30.3 Å². The fourth-order valence-corrected chi connectivity index (χ4v) is 2.98. The number of nitriles is 2. The summed E-state index contributed by atoms with van der Waals surface area (Å²) in [6.45, 7) is 0.0893. The van der Waals surface area contributed by atoms with Crippen molar-refractivity contribution in [1.29, 1.82) is 10.5 Å². The number of amides is 1. The van der Waals surface area contributed by atoms with Crippen LogP contribution in [-0.4, -0.2) is 12.5 Å². The molecule has 0 radical (unpaired) electrons. The molecule has 0 aliphatic heterocycles. The molecule has 0 saturated heterocycles. The molecule has 8 heteroatoms. The lowest BCUT2D eigenvalue weighted by Crippen LogP contribution is -2.32. The van der Waals surface area contributed by atoms with Crippen molar-refractivity contribution < 1.29 is 22.4 Å². The highest BCUT2D eigenvalue weighted by atomic mass is 19.4. The minimum atomic E-state index is -4.49. The average molecular weight is 435 g/mol. The van der Waals surface area contributed by atoms with Gasteiger partial charge < -0.3 is 9.32 Å². The van der Waals surface area contributed by atoms with Gasteiger partial charge >= 0.3 is 6.18 Å². The molecule has 3 rings (SSSR count). The molecule has 160 valence electrons. The Hall–Kier alpha value is -4.30. The van der Waals surface area contributed by atoms with Gasteiger partial charge in [0.2, 0.25) is 0 Å². The Morgan fingerprint density at radius 3 is 2.44 bits per heavy atom. The van der Waals surface area contributed by atoms with E-state index >= 15 is 0 Å². The third kappa shape index (κ3) is 5.24. The van der Waals surface area contributed by atoms with Crippen molar-refractivity contribution in [2.45, 2.75) is 12.6 Å². The van der Waals surface area contributed by atoms with Crippen molar-refractivity contribution in [2.24, 2.45) is 0 Å². The molecule has 1 aromatic heterocycles. The summed E-state index contributed by atoms with van der Waals surface area (Å²) in [6.07, 6.45) is -3.20. The fraction of sp³-hybridized carbons (Fsp3) is 0.125. The minimum absolute atomic E-state index is 0.0692. The van der Waals surface area contributed by atoms with E-state index in [-0.39, 0.29) is 35.6 Å². The quantitative estimate of drug-likeness (QED) is 0.361. The molecule has 0 saturated carbocycles. The normalized spacial score (nSPS) is 11.5. The molecular formula is C24H16F3N3O2. The van der Waals surface area contributed by atoms with Gasteiger partial charge in [0.05, 0.1) is 18.1 Å². The summed E-state index contributed by atoms with van der Waals surface area (Å²) in [5.74, 6) is -0.321. The predicted molar refractivity (Wildman–Crippen MR) is 112 cm³/mol. The standard InChI is InChI=1S/C24H16F3N3O2/c25-24(26,27)19-7-4-6-17(14-19)22-11-10-21(32-22)15-18(16-29)23(31)30(13-5-12-28)20-8-2-1-3-9-20/h1-4,6-11,14-15H,5,13H2/b18-15-. The number of furan rings is 1. The molecule has 0 unspecified atom stereocenters. The summed E-state index contributed by atoms with van der Waals surface area (Å²) < 4.78 is 44.5. The van der Waals surface area contributed by atoms with Crippen molar-refractivity contribution in [3.8, 4) is 23.5 Å². The smallest absolute Gasteiger partial charge is 0.416 e. The van der Waals surface area contributed by atoms with Crippen LogP contribution in [0.1, 0.15) is 17.7 Å². The van der Waals surface area contributed by atoms with Crippen molar-refractivity contribution in [3.63, 3.8) is 0 Å². The summed E-state index contributed by atoms with van der Waals surface area (Å²) >= 11 is 0. The third-order valence-corrected chi connectivity index (χ3v) is 4.50. The van der Waals surface area contributed by atoms with Crippen LogP contribution in [0.5, 0.6) is 0 Å². The molecule has 1 amide bonds. The molecule has 3 aromatic rings. The number of carbonyl (C=O) groups excluding carboxylic acids is 1. The van der Waals surface area contributed by atoms with Gasteiger partial charge in [-0.25, -0.2) is 0 Å². The Labute approximate surface area is 182 Å². The van der Waals surface area contributed by atoms with Crippen molar-refractivity contribution >= 4 is 17.7 Å². The molecule has 0 atom stereocenters. The zero-order valence-corrected chi connectivity index (χ0v) is 16.6. The van der Waals surface area contributed by atoms with Crippen LogP contribution in [0.15, 0.2) is 76.7 Å². The van der Waals surface area contributed by atoms with E-state index in [2.05, 4.69) is 0 Å². The van der Waals surface area contributed by atoms with E-state index < -0.39 is 17.6 Å². The van der Waals surface area contributed by atoms with Crippen molar-refractivity contribution in [1.82, 2.24) is 0 Å². The lowest BCUT2D eigenvalue weighted by Gasteiger charge is -2.21. The second-order valence-corrected chi connectivity index (χ2v) is 6.65. The number of halogens is 3.